The molecule has 0 heterocycles. The highest BCUT2D eigenvalue weighted by atomic mass is 16.4. The molecular weight excluding hydrogens is 436 g/mol. The molecule has 1 fully saturated rings. The number of fused-ring (bicyclic) bond motifs is 3. The molecule has 176 valence electrons. The molecule has 1 amide bonds. The molecular formula is C22H24N2O9. The van der Waals surface area contributed by atoms with Crippen LogP contribution in [0.2, 0.25) is 0 Å². The number of likely N-dealkylation sites (N-methyl/N-ethyl adjacent to an activating group) is 1. The number of nitrogens with zero attached hydrogens (tertiary/aromatic N) is 1. The minimum atomic E-state index is -3.02. The number of primary amides is 1. The van der Waals surface area contributed by atoms with Crippen LogP contribution in [-0.2, 0) is 20.0 Å². The number of ketones is 2. The van der Waals surface area contributed by atoms with Crippen molar-refractivity contribution < 1.29 is 45.0 Å². The van der Waals surface area contributed by atoms with Crippen molar-refractivity contribution in [3.8, 4) is 5.75 Å². The predicted molar refractivity (Wildman–Crippen MR) is 112 cm³/mol. The van der Waals surface area contributed by atoms with Crippen LogP contribution in [0.4, 0.5) is 0 Å². The van der Waals surface area contributed by atoms with E-state index in [2.05, 4.69) is 0 Å². The van der Waals surface area contributed by atoms with Crippen LogP contribution >= 0.6 is 0 Å². The van der Waals surface area contributed by atoms with Crippen molar-refractivity contribution in [3.63, 3.8) is 0 Å². The molecule has 0 spiro atoms. The van der Waals surface area contributed by atoms with Gasteiger partial charge >= 0.3 is 0 Å². The van der Waals surface area contributed by atoms with Crippen molar-refractivity contribution in [3.05, 3.63) is 46.2 Å². The Morgan fingerprint density at radius 2 is 1.73 bits per heavy atom. The Morgan fingerprint density at radius 1 is 1.12 bits per heavy atom. The van der Waals surface area contributed by atoms with Gasteiger partial charge in [0.1, 0.15) is 22.8 Å². The Morgan fingerprint density at radius 3 is 2.27 bits per heavy atom. The summed E-state index contributed by atoms with van der Waals surface area (Å²) >= 11 is 0. The zero-order chi connectivity index (χ0) is 24.8. The maximum absolute atomic E-state index is 13.7. The summed E-state index contributed by atoms with van der Waals surface area (Å²) in [6.07, 6.45) is -1.87. The highest BCUT2D eigenvalue weighted by molar-refractivity contribution is 6.24. The van der Waals surface area contributed by atoms with Gasteiger partial charge in [0, 0.05) is 0 Å². The van der Waals surface area contributed by atoms with Gasteiger partial charge < -0.3 is 36.4 Å². The number of phenols is 1. The summed E-state index contributed by atoms with van der Waals surface area (Å²) in [4.78, 5) is 39.9. The molecule has 11 heteroatoms. The second-order valence-corrected chi connectivity index (χ2v) is 9.06. The zero-order valence-electron chi connectivity index (χ0n) is 18.0. The molecule has 1 aromatic carbocycles. The van der Waals surface area contributed by atoms with Crippen molar-refractivity contribution in [1.29, 1.82) is 0 Å². The van der Waals surface area contributed by atoms with E-state index in [1.807, 2.05) is 0 Å². The molecule has 33 heavy (non-hydrogen) atoms. The average molecular weight is 460 g/mol. The number of aliphatic hydroxyl groups excluding tert-OH is 3. The van der Waals surface area contributed by atoms with E-state index in [0.717, 1.165) is 0 Å². The van der Waals surface area contributed by atoms with Gasteiger partial charge in [-0.1, -0.05) is 12.1 Å². The molecule has 3 aliphatic carbocycles. The first kappa shape index (κ1) is 22.9. The SMILES string of the molecule is CN(C)[C@@H]1C(=O)C(C(N)=O)=C(O)[C@@]2(O)C(=O)C3=C(O)c4c(O)cccc4[C@@](C)(O)[C@H]3[C@@H](O)[C@H]12. The van der Waals surface area contributed by atoms with Crippen LogP contribution in [0.3, 0.4) is 0 Å². The highest BCUT2D eigenvalue weighted by Crippen LogP contribution is 2.57. The first-order valence-electron chi connectivity index (χ1n) is 10.1. The number of aromatic hydroxyl groups is 1. The maximum Gasteiger partial charge on any atom is 0.255 e. The van der Waals surface area contributed by atoms with Crippen molar-refractivity contribution in [2.45, 2.75) is 30.3 Å². The summed E-state index contributed by atoms with van der Waals surface area (Å²) in [6, 6.07) is 2.50. The molecule has 1 aromatic rings. The lowest BCUT2D eigenvalue weighted by Gasteiger charge is -2.55. The summed E-state index contributed by atoms with van der Waals surface area (Å²) in [7, 11) is 2.80. The molecule has 8 N–H and O–H groups in total. The number of carbonyl (C=O) groups excluding carboxylic acids is 3. The van der Waals surface area contributed by atoms with E-state index in [0.29, 0.717) is 0 Å². The molecule has 0 bridgehead atoms. The molecule has 11 nitrogen and oxygen atoms in total. The summed E-state index contributed by atoms with van der Waals surface area (Å²) in [5.41, 5.74) is -1.78. The molecule has 0 saturated heterocycles. The Bertz CT molecular complexity index is 1180. The van der Waals surface area contributed by atoms with Gasteiger partial charge in [0.2, 0.25) is 5.78 Å². The molecule has 3 aliphatic rings. The normalized spacial score (nSPS) is 36.0. The first-order valence-corrected chi connectivity index (χ1v) is 10.1. The van der Waals surface area contributed by atoms with E-state index in [-0.39, 0.29) is 11.1 Å². The van der Waals surface area contributed by atoms with Gasteiger partial charge in [0.05, 0.1) is 40.7 Å². The number of aliphatic hydroxyl groups is 5. The Balaban J connectivity index is 2.11. The largest absolute Gasteiger partial charge is 0.508 e. The molecule has 0 radical (unpaired) electrons. The second kappa shape index (κ2) is 6.87. The first-order chi connectivity index (χ1) is 15.2. The lowest BCUT2D eigenvalue weighted by Crippen LogP contribution is -2.71. The van der Waals surface area contributed by atoms with Gasteiger partial charge in [-0.25, -0.2) is 0 Å². The van der Waals surface area contributed by atoms with Gasteiger partial charge in [0.25, 0.3) is 5.91 Å². The molecule has 0 aliphatic heterocycles. The van der Waals surface area contributed by atoms with Crippen molar-refractivity contribution in [1.82, 2.24) is 4.90 Å². The fourth-order valence-electron chi connectivity index (χ4n) is 5.60. The van der Waals surface area contributed by atoms with Crippen molar-refractivity contribution in [2.75, 3.05) is 14.1 Å². The number of phenolic OH excluding ortho intramolecular Hbond substituents is 1. The summed E-state index contributed by atoms with van der Waals surface area (Å²) in [5.74, 6) is -9.67. The third-order valence-electron chi connectivity index (χ3n) is 7.03. The monoisotopic (exact) mass is 460 g/mol. The second-order valence-electron chi connectivity index (χ2n) is 9.06. The smallest absolute Gasteiger partial charge is 0.255 e. The Kier molecular flexibility index (Phi) is 4.78. The number of hydrogen-bond donors (Lipinski definition) is 7. The van der Waals surface area contributed by atoms with Crippen LogP contribution in [0.5, 0.6) is 5.75 Å². The van der Waals surface area contributed by atoms with Gasteiger partial charge in [0.15, 0.2) is 11.4 Å². The molecule has 0 aromatic heterocycles. The molecule has 1 saturated carbocycles. The topological polar surface area (TPSA) is 202 Å². The summed E-state index contributed by atoms with van der Waals surface area (Å²) in [6.45, 7) is 1.25. The van der Waals surface area contributed by atoms with E-state index in [4.69, 9.17) is 5.73 Å². The van der Waals surface area contributed by atoms with Crippen LogP contribution < -0.4 is 5.73 Å². The van der Waals surface area contributed by atoms with Gasteiger partial charge in [-0.2, -0.15) is 0 Å². The van der Waals surface area contributed by atoms with E-state index in [1.165, 1.54) is 44.1 Å². The Hall–Kier alpha value is -3.25. The van der Waals surface area contributed by atoms with E-state index in [1.54, 1.807) is 0 Å². The minimum absolute atomic E-state index is 0.00664. The van der Waals surface area contributed by atoms with Crippen LogP contribution in [0.1, 0.15) is 18.1 Å². The summed E-state index contributed by atoms with van der Waals surface area (Å²) in [5, 5.41) is 66.3. The van der Waals surface area contributed by atoms with Crippen LogP contribution in [0, 0.1) is 11.8 Å². The number of benzene rings is 1. The molecule has 6 atom stereocenters. The zero-order valence-corrected chi connectivity index (χ0v) is 18.0. The number of amides is 1. The van der Waals surface area contributed by atoms with E-state index in [9.17, 15) is 45.0 Å². The summed E-state index contributed by atoms with van der Waals surface area (Å²) < 4.78 is 0. The van der Waals surface area contributed by atoms with Gasteiger partial charge in [-0.05, 0) is 32.6 Å². The van der Waals surface area contributed by atoms with Gasteiger partial charge in [-0.15, -0.1) is 0 Å². The number of Topliss-reactive ketones (excluding diaryl/α,β-unsaturated/α-hetero) is 2. The number of nitrogens with two attached hydrogens (primary N) is 1. The number of carbonyl (C=O) groups is 3. The number of hydrogen-bond acceptors (Lipinski definition) is 10. The van der Waals surface area contributed by atoms with Crippen molar-refractivity contribution in [2.24, 2.45) is 17.6 Å². The fraction of sp³-hybridized carbons (Fsp3) is 0.409. The highest BCUT2D eigenvalue weighted by Gasteiger charge is 2.70. The standard InChI is InChI=1S/C22H24N2O9/c1-21(32)7-5-4-6-8(25)9(7)15(26)10-12(21)17(28)13-14(24(2)3)16(27)11(20(23)31)19(30)22(13,33)18(10)29/h4-6,12-14,17,25-26,28,30,32-33H,1-3H3,(H2,23,31)/t12-,13+,14+,17-,21-,22+/m1/s1. The van der Waals surface area contributed by atoms with E-state index >= 15 is 0 Å². The third-order valence-corrected chi connectivity index (χ3v) is 7.03. The van der Waals surface area contributed by atoms with Crippen LogP contribution in [-0.4, -0.2) is 84.9 Å². The average Bonchev–Trinajstić information content (AvgIpc) is 2.70. The quantitative estimate of drug-likeness (QED) is 0.257. The van der Waals surface area contributed by atoms with Crippen molar-refractivity contribution >= 4 is 23.2 Å². The predicted octanol–water partition coefficient (Wildman–Crippen LogP) is -1.40. The molecule has 4 rings (SSSR count). The third kappa shape index (κ3) is 2.61. The van der Waals surface area contributed by atoms with Crippen LogP contribution in [0.15, 0.2) is 35.1 Å². The minimum Gasteiger partial charge on any atom is -0.508 e. The lowest BCUT2D eigenvalue weighted by atomic mass is 9.53. The Labute approximate surface area is 187 Å². The van der Waals surface area contributed by atoms with Crippen LogP contribution in [0.25, 0.3) is 5.76 Å². The number of rotatable bonds is 2. The fourth-order valence-corrected chi connectivity index (χ4v) is 5.60. The van der Waals surface area contributed by atoms with Gasteiger partial charge in [-0.3, -0.25) is 19.3 Å². The lowest BCUT2D eigenvalue weighted by molar-refractivity contribution is -0.181. The molecule has 0 unspecified atom stereocenters. The van der Waals surface area contributed by atoms with E-state index < -0.39 is 81.1 Å². The maximum atomic E-state index is 13.7.